The number of carbonyl (C=O) groups excluding carboxylic acids is 1. The monoisotopic (exact) mass is 437 g/mol. The van der Waals surface area contributed by atoms with E-state index in [0.717, 1.165) is 34.3 Å². The first-order chi connectivity index (χ1) is 14.8. The van der Waals surface area contributed by atoms with Gasteiger partial charge in [-0.3, -0.25) is 30.3 Å². The number of hydrogen-bond donors (Lipinski definition) is 2. The van der Waals surface area contributed by atoms with Crippen LogP contribution in [0.25, 0.3) is 22.2 Å². The fraction of sp³-hybridized carbons (Fsp3) is 0.100. The number of rotatable bonds is 5. The van der Waals surface area contributed by atoms with Crippen LogP contribution in [0.2, 0.25) is 0 Å². The second kappa shape index (κ2) is 7.61. The molecule has 0 saturated heterocycles. The molecule has 156 valence electrons. The summed E-state index contributed by atoms with van der Waals surface area (Å²) in [6.45, 7) is 3.30. The van der Waals surface area contributed by atoms with Crippen LogP contribution < -0.4 is 5.32 Å². The van der Waals surface area contributed by atoms with Crippen LogP contribution in [0, 0.1) is 34.1 Å². The van der Waals surface area contributed by atoms with E-state index >= 15 is 0 Å². The van der Waals surface area contributed by atoms with Crippen LogP contribution in [0.3, 0.4) is 0 Å². The summed E-state index contributed by atoms with van der Waals surface area (Å²) in [4.78, 5) is 41.4. The molecule has 31 heavy (non-hydrogen) atoms. The molecule has 0 saturated carbocycles. The number of thiazole rings is 1. The Kier molecular flexibility index (Phi) is 4.95. The third-order valence-corrected chi connectivity index (χ3v) is 5.65. The van der Waals surface area contributed by atoms with Crippen molar-refractivity contribution in [2.24, 2.45) is 0 Å². The van der Waals surface area contributed by atoms with Crippen molar-refractivity contribution < 1.29 is 14.6 Å². The van der Waals surface area contributed by atoms with Crippen LogP contribution in [0.4, 0.5) is 16.5 Å². The van der Waals surface area contributed by atoms with Crippen LogP contribution in [0.15, 0.2) is 41.8 Å². The zero-order valence-corrected chi connectivity index (χ0v) is 17.1. The van der Waals surface area contributed by atoms with E-state index in [1.54, 1.807) is 5.38 Å². The predicted molar refractivity (Wildman–Crippen MR) is 117 cm³/mol. The number of non-ortho nitro benzene ring substituents is 1. The Balaban J connectivity index is 1.68. The average molecular weight is 437 g/mol. The van der Waals surface area contributed by atoms with Crippen molar-refractivity contribution in [2.45, 2.75) is 13.8 Å². The Morgan fingerprint density at radius 3 is 2.58 bits per heavy atom. The van der Waals surface area contributed by atoms with Gasteiger partial charge in [-0.05, 0) is 19.9 Å². The minimum atomic E-state index is -0.773. The molecular formula is C20H15N5O5S. The summed E-state index contributed by atoms with van der Waals surface area (Å²) in [6.07, 6.45) is 0. The molecule has 2 heterocycles. The number of para-hydroxylation sites is 1. The summed E-state index contributed by atoms with van der Waals surface area (Å²) >= 11 is 1.19. The van der Waals surface area contributed by atoms with Crippen molar-refractivity contribution >= 4 is 44.7 Å². The van der Waals surface area contributed by atoms with E-state index in [-0.39, 0.29) is 16.3 Å². The summed E-state index contributed by atoms with van der Waals surface area (Å²) < 4.78 is 0. The largest absolute Gasteiger partial charge is 0.358 e. The number of hydrogen-bond acceptors (Lipinski definition) is 7. The van der Waals surface area contributed by atoms with Gasteiger partial charge in [-0.2, -0.15) is 0 Å². The Labute approximate surface area is 178 Å². The van der Waals surface area contributed by atoms with Gasteiger partial charge < -0.3 is 4.98 Å². The van der Waals surface area contributed by atoms with Crippen LogP contribution in [0.5, 0.6) is 0 Å². The number of anilines is 1. The summed E-state index contributed by atoms with van der Waals surface area (Å²) in [6, 6.07) is 9.64. The highest BCUT2D eigenvalue weighted by Gasteiger charge is 2.25. The number of nitro groups is 2. The molecule has 2 N–H and O–H groups in total. The summed E-state index contributed by atoms with van der Waals surface area (Å²) in [7, 11) is 0. The smallest absolute Gasteiger partial charge is 0.279 e. The van der Waals surface area contributed by atoms with E-state index in [0.29, 0.717) is 5.69 Å². The molecule has 0 radical (unpaired) electrons. The van der Waals surface area contributed by atoms with Gasteiger partial charge >= 0.3 is 0 Å². The van der Waals surface area contributed by atoms with Gasteiger partial charge in [0.25, 0.3) is 17.3 Å². The lowest BCUT2D eigenvalue weighted by Gasteiger charge is -2.06. The second-order valence-electron chi connectivity index (χ2n) is 6.81. The van der Waals surface area contributed by atoms with Gasteiger partial charge in [0.1, 0.15) is 0 Å². The number of aromatic nitrogens is 2. The fourth-order valence-corrected chi connectivity index (χ4v) is 4.13. The third kappa shape index (κ3) is 3.62. The average Bonchev–Trinajstić information content (AvgIpc) is 3.30. The number of benzene rings is 2. The minimum absolute atomic E-state index is 0.0392. The molecule has 2 aromatic heterocycles. The first kappa shape index (κ1) is 20.2. The van der Waals surface area contributed by atoms with Gasteiger partial charge in [-0.25, -0.2) is 4.98 Å². The molecule has 0 unspecified atom stereocenters. The molecule has 11 heteroatoms. The molecule has 0 spiro atoms. The zero-order chi connectivity index (χ0) is 22.3. The molecule has 10 nitrogen and oxygen atoms in total. The Bertz CT molecular complexity index is 1370. The maximum atomic E-state index is 12.8. The highest BCUT2D eigenvalue weighted by atomic mass is 32.1. The molecule has 0 aliphatic carbocycles. The SMILES string of the molecule is Cc1[nH]c2ccccc2c1-c1csc(NC(=O)c2cc([N+](=O)[O-])cc([N+](=O)[O-])c2C)n1. The first-order valence-electron chi connectivity index (χ1n) is 9.04. The zero-order valence-electron chi connectivity index (χ0n) is 16.3. The Morgan fingerprint density at radius 2 is 1.87 bits per heavy atom. The lowest BCUT2D eigenvalue weighted by Crippen LogP contribution is -2.14. The van der Waals surface area contributed by atoms with Crippen LogP contribution in [-0.4, -0.2) is 25.7 Å². The summed E-state index contributed by atoms with van der Waals surface area (Å²) in [5, 5.41) is 28.0. The number of aryl methyl sites for hydroxylation is 1. The van der Waals surface area contributed by atoms with Crippen molar-refractivity contribution in [3.05, 3.63) is 78.8 Å². The molecule has 2 aromatic carbocycles. The summed E-state index contributed by atoms with van der Waals surface area (Å²) in [5.74, 6) is -0.708. The number of nitro benzene ring substituents is 2. The van der Waals surface area contributed by atoms with Gasteiger partial charge in [0.15, 0.2) is 5.13 Å². The van der Waals surface area contributed by atoms with Crippen molar-refractivity contribution in [1.29, 1.82) is 0 Å². The first-order valence-corrected chi connectivity index (χ1v) is 9.92. The molecule has 0 aliphatic heterocycles. The van der Waals surface area contributed by atoms with Gasteiger partial charge in [-0.15, -0.1) is 11.3 Å². The number of H-pyrrole nitrogens is 1. The van der Waals surface area contributed by atoms with E-state index < -0.39 is 27.1 Å². The predicted octanol–water partition coefficient (Wildman–Crippen LogP) is 4.98. The van der Waals surface area contributed by atoms with Crippen LogP contribution in [0.1, 0.15) is 21.6 Å². The molecule has 1 amide bonds. The Morgan fingerprint density at radius 1 is 1.13 bits per heavy atom. The van der Waals surface area contributed by atoms with E-state index in [2.05, 4.69) is 15.3 Å². The van der Waals surface area contributed by atoms with Gasteiger partial charge in [0.05, 0.1) is 27.2 Å². The third-order valence-electron chi connectivity index (χ3n) is 4.89. The molecule has 0 bridgehead atoms. The van der Waals surface area contributed by atoms with E-state index in [1.807, 2.05) is 31.2 Å². The summed E-state index contributed by atoms with van der Waals surface area (Å²) in [5.41, 5.74) is 2.33. The second-order valence-corrected chi connectivity index (χ2v) is 7.67. The minimum Gasteiger partial charge on any atom is -0.358 e. The lowest BCUT2D eigenvalue weighted by molar-refractivity contribution is -0.394. The molecule has 0 aliphatic rings. The number of amides is 1. The van der Waals surface area contributed by atoms with E-state index in [4.69, 9.17) is 0 Å². The van der Waals surface area contributed by atoms with Crippen molar-refractivity contribution in [3.63, 3.8) is 0 Å². The topological polar surface area (TPSA) is 144 Å². The van der Waals surface area contributed by atoms with Gasteiger partial charge in [0.2, 0.25) is 0 Å². The van der Waals surface area contributed by atoms with Crippen LogP contribution in [-0.2, 0) is 0 Å². The van der Waals surface area contributed by atoms with Gasteiger partial charge in [0, 0.05) is 39.2 Å². The van der Waals surface area contributed by atoms with Crippen LogP contribution >= 0.6 is 11.3 Å². The maximum Gasteiger partial charge on any atom is 0.279 e. The highest BCUT2D eigenvalue weighted by Crippen LogP contribution is 2.34. The Hall–Kier alpha value is -4.12. The normalized spacial score (nSPS) is 10.9. The quantitative estimate of drug-likeness (QED) is 0.333. The number of carbonyl (C=O) groups is 1. The molecule has 0 fully saturated rings. The number of nitrogens with zero attached hydrogens (tertiary/aromatic N) is 3. The lowest BCUT2D eigenvalue weighted by atomic mass is 10.0. The standard InChI is InChI=1S/C20H15N5O5S/c1-10-14(7-12(24(27)28)8-17(10)25(29)30)19(26)23-20-22-16(9-31-20)18-11(2)21-15-6-4-3-5-13(15)18/h3-9,21H,1-2H3,(H,22,23,26). The van der Waals surface area contributed by atoms with E-state index in [1.165, 1.54) is 18.3 Å². The van der Waals surface area contributed by atoms with E-state index in [9.17, 15) is 25.0 Å². The van der Waals surface area contributed by atoms with Gasteiger partial charge in [-0.1, -0.05) is 18.2 Å². The number of nitrogens with one attached hydrogen (secondary N) is 2. The molecule has 4 rings (SSSR count). The van der Waals surface area contributed by atoms with Crippen molar-refractivity contribution in [2.75, 3.05) is 5.32 Å². The number of fused-ring (bicyclic) bond motifs is 1. The van der Waals surface area contributed by atoms with Crippen molar-refractivity contribution in [3.8, 4) is 11.3 Å². The highest BCUT2D eigenvalue weighted by molar-refractivity contribution is 7.14. The molecule has 4 aromatic rings. The number of aromatic amines is 1. The van der Waals surface area contributed by atoms with Crippen molar-refractivity contribution in [1.82, 2.24) is 9.97 Å². The maximum absolute atomic E-state index is 12.8. The molecule has 0 atom stereocenters. The fourth-order valence-electron chi connectivity index (χ4n) is 3.43. The molecular weight excluding hydrogens is 422 g/mol.